The first-order valence-corrected chi connectivity index (χ1v) is 9.33. The van der Waals surface area contributed by atoms with E-state index < -0.39 is 10.0 Å². The third-order valence-corrected chi connectivity index (χ3v) is 6.59. The van der Waals surface area contributed by atoms with Crippen LogP contribution < -0.4 is 0 Å². The van der Waals surface area contributed by atoms with Gasteiger partial charge in [0.25, 0.3) is 0 Å². The minimum Gasteiger partial charge on any atom is -0.270 e. The average molecular weight is 376 g/mol. The summed E-state index contributed by atoms with van der Waals surface area (Å²) in [5.41, 5.74) is 2.68. The molecule has 8 heteroatoms. The molecule has 0 fully saturated rings. The van der Waals surface area contributed by atoms with E-state index in [0.717, 1.165) is 23.5 Å². The van der Waals surface area contributed by atoms with Gasteiger partial charge in [-0.1, -0.05) is 29.3 Å². The quantitative estimate of drug-likeness (QED) is 0.801. The second-order valence-electron chi connectivity index (χ2n) is 5.28. The minimum absolute atomic E-state index is 0.00681. The molecule has 0 bridgehead atoms. The first-order chi connectivity index (χ1) is 10.7. The maximum atomic E-state index is 12.8. The Morgan fingerprint density at radius 3 is 2.48 bits per heavy atom. The van der Waals surface area contributed by atoms with Crippen LogP contribution in [0.25, 0.3) is 0 Å². The van der Waals surface area contributed by atoms with Gasteiger partial charge >= 0.3 is 0 Å². The van der Waals surface area contributed by atoms with Crippen molar-refractivity contribution < 1.29 is 8.42 Å². The smallest absolute Gasteiger partial charge is 0.244 e. The van der Waals surface area contributed by atoms with Gasteiger partial charge in [-0.2, -0.15) is 9.40 Å². The van der Waals surface area contributed by atoms with Crippen molar-refractivity contribution in [2.24, 2.45) is 0 Å². The summed E-state index contributed by atoms with van der Waals surface area (Å²) in [5, 5.41) is 4.67. The summed E-state index contributed by atoms with van der Waals surface area (Å²) in [6, 6.07) is 4.58. The molecule has 0 saturated carbocycles. The molecule has 0 atom stereocenters. The van der Waals surface area contributed by atoms with E-state index in [-0.39, 0.29) is 21.5 Å². The zero-order valence-corrected chi connectivity index (χ0v) is 15.8. The molecular formula is C15H19Cl2N3O2S. The van der Waals surface area contributed by atoms with Crippen molar-refractivity contribution in [3.8, 4) is 0 Å². The van der Waals surface area contributed by atoms with Crippen molar-refractivity contribution >= 4 is 33.2 Å². The van der Waals surface area contributed by atoms with Gasteiger partial charge in [-0.15, -0.1) is 0 Å². The third-order valence-electron chi connectivity index (χ3n) is 3.82. The molecule has 0 saturated heterocycles. The van der Waals surface area contributed by atoms with E-state index in [1.54, 1.807) is 12.1 Å². The lowest BCUT2D eigenvalue weighted by Crippen LogP contribution is -2.27. The Bertz CT molecular complexity index is 831. The zero-order chi connectivity index (χ0) is 17.4. The van der Waals surface area contributed by atoms with Gasteiger partial charge in [0.05, 0.1) is 15.7 Å². The fraction of sp³-hybridized carbons (Fsp3) is 0.400. The number of aryl methyl sites for hydroxylation is 2. The number of sulfonamides is 1. The monoisotopic (exact) mass is 375 g/mol. The summed E-state index contributed by atoms with van der Waals surface area (Å²) >= 11 is 12.0. The standard InChI is InChI=1S/C15H19Cl2N3O2S/c1-5-20-11(3)12(10(2)18-20)9-19(4)23(21,22)14-8-6-7-13(16)15(14)17/h6-8H,5,9H2,1-4H3. The molecule has 0 aliphatic rings. The van der Waals surface area contributed by atoms with Crippen LogP contribution in [0.4, 0.5) is 0 Å². The van der Waals surface area contributed by atoms with Crippen LogP contribution in [-0.4, -0.2) is 29.6 Å². The molecule has 23 heavy (non-hydrogen) atoms. The lowest BCUT2D eigenvalue weighted by Gasteiger charge is -2.18. The molecule has 0 N–H and O–H groups in total. The van der Waals surface area contributed by atoms with Crippen molar-refractivity contribution in [2.45, 2.75) is 38.8 Å². The highest BCUT2D eigenvalue weighted by Crippen LogP contribution is 2.31. The molecule has 126 valence electrons. The van der Waals surface area contributed by atoms with Crippen LogP contribution in [0.2, 0.25) is 10.0 Å². The van der Waals surface area contributed by atoms with E-state index in [0.29, 0.717) is 0 Å². The highest BCUT2D eigenvalue weighted by atomic mass is 35.5. The number of aromatic nitrogens is 2. The molecular weight excluding hydrogens is 357 g/mol. The molecule has 0 amide bonds. The Hall–Kier alpha value is -1.08. The van der Waals surface area contributed by atoms with E-state index in [1.807, 2.05) is 25.5 Å². The second kappa shape index (κ2) is 6.81. The molecule has 1 heterocycles. The number of hydrogen-bond donors (Lipinski definition) is 0. The number of halogens is 2. The SMILES string of the molecule is CCn1nc(C)c(CN(C)S(=O)(=O)c2cccc(Cl)c2Cl)c1C. The van der Waals surface area contributed by atoms with Crippen molar-refractivity contribution in [3.63, 3.8) is 0 Å². The van der Waals surface area contributed by atoms with E-state index in [9.17, 15) is 8.42 Å². The normalized spacial score (nSPS) is 12.1. The molecule has 0 aliphatic carbocycles. The van der Waals surface area contributed by atoms with Crippen LogP contribution in [0.1, 0.15) is 23.9 Å². The lowest BCUT2D eigenvalue weighted by molar-refractivity contribution is 0.465. The van der Waals surface area contributed by atoms with Crippen molar-refractivity contribution in [1.82, 2.24) is 14.1 Å². The van der Waals surface area contributed by atoms with Gasteiger partial charge in [-0.05, 0) is 32.9 Å². The summed E-state index contributed by atoms with van der Waals surface area (Å²) in [6.45, 7) is 6.77. The first-order valence-electron chi connectivity index (χ1n) is 7.13. The zero-order valence-electron chi connectivity index (χ0n) is 13.5. The molecule has 2 rings (SSSR count). The van der Waals surface area contributed by atoms with Gasteiger partial charge in [0.1, 0.15) is 4.90 Å². The number of nitrogens with zero attached hydrogens (tertiary/aromatic N) is 3. The topological polar surface area (TPSA) is 55.2 Å². The predicted molar refractivity (Wildman–Crippen MR) is 92.5 cm³/mol. The van der Waals surface area contributed by atoms with Crippen LogP contribution in [0, 0.1) is 13.8 Å². The first kappa shape index (κ1) is 18.3. The Morgan fingerprint density at radius 2 is 1.91 bits per heavy atom. The second-order valence-corrected chi connectivity index (χ2v) is 8.08. The van der Waals surface area contributed by atoms with E-state index >= 15 is 0 Å². The summed E-state index contributed by atoms with van der Waals surface area (Å²) in [4.78, 5) is 0.00681. The molecule has 5 nitrogen and oxygen atoms in total. The Morgan fingerprint density at radius 1 is 1.26 bits per heavy atom. The van der Waals surface area contributed by atoms with E-state index in [1.165, 1.54) is 17.4 Å². The summed E-state index contributed by atoms with van der Waals surface area (Å²) in [7, 11) is -2.22. The molecule has 0 radical (unpaired) electrons. The van der Waals surface area contributed by atoms with E-state index in [2.05, 4.69) is 5.10 Å². The number of hydrogen-bond acceptors (Lipinski definition) is 3. The highest BCUT2D eigenvalue weighted by Gasteiger charge is 2.26. The van der Waals surface area contributed by atoms with E-state index in [4.69, 9.17) is 23.2 Å². The molecule has 0 aliphatic heterocycles. The fourth-order valence-electron chi connectivity index (χ4n) is 2.43. The summed E-state index contributed by atoms with van der Waals surface area (Å²) in [6.07, 6.45) is 0. The average Bonchev–Trinajstić information content (AvgIpc) is 2.77. The minimum atomic E-state index is -3.74. The Balaban J connectivity index is 2.39. The van der Waals surface area contributed by atoms with Crippen LogP contribution in [-0.2, 0) is 23.1 Å². The summed E-state index contributed by atoms with van der Waals surface area (Å²) < 4.78 is 28.7. The molecule has 1 aromatic heterocycles. The van der Waals surface area contributed by atoms with Gasteiger partial charge < -0.3 is 0 Å². The van der Waals surface area contributed by atoms with Crippen LogP contribution >= 0.6 is 23.2 Å². The maximum Gasteiger partial charge on any atom is 0.244 e. The Labute approximate surface area is 146 Å². The van der Waals surface area contributed by atoms with Crippen LogP contribution in [0.3, 0.4) is 0 Å². The fourth-order valence-corrected chi connectivity index (χ4v) is 4.30. The van der Waals surface area contributed by atoms with Gasteiger partial charge in [0, 0.05) is 31.4 Å². The van der Waals surface area contributed by atoms with Crippen molar-refractivity contribution in [3.05, 3.63) is 45.2 Å². The van der Waals surface area contributed by atoms with Crippen molar-refractivity contribution in [1.29, 1.82) is 0 Å². The lowest BCUT2D eigenvalue weighted by atomic mass is 10.2. The van der Waals surface area contributed by atoms with Gasteiger partial charge in [0.15, 0.2) is 0 Å². The van der Waals surface area contributed by atoms with Gasteiger partial charge in [-0.3, -0.25) is 4.68 Å². The largest absolute Gasteiger partial charge is 0.270 e. The number of benzene rings is 1. The highest BCUT2D eigenvalue weighted by molar-refractivity contribution is 7.89. The number of rotatable bonds is 5. The predicted octanol–water partition coefficient (Wildman–Crippen LogP) is 3.65. The van der Waals surface area contributed by atoms with Crippen LogP contribution in [0.5, 0.6) is 0 Å². The molecule has 1 aromatic carbocycles. The summed E-state index contributed by atoms with van der Waals surface area (Å²) in [5.74, 6) is 0. The van der Waals surface area contributed by atoms with Gasteiger partial charge in [0.2, 0.25) is 10.0 Å². The van der Waals surface area contributed by atoms with Crippen molar-refractivity contribution in [2.75, 3.05) is 7.05 Å². The van der Waals surface area contributed by atoms with Crippen LogP contribution in [0.15, 0.2) is 23.1 Å². The molecule has 2 aromatic rings. The molecule has 0 spiro atoms. The molecule has 0 unspecified atom stereocenters. The maximum absolute atomic E-state index is 12.8. The Kier molecular flexibility index (Phi) is 5.41. The third kappa shape index (κ3) is 3.40. The van der Waals surface area contributed by atoms with Gasteiger partial charge in [-0.25, -0.2) is 8.42 Å².